The fraction of sp³-hybridized carbons (Fsp3) is 0.400. The summed E-state index contributed by atoms with van der Waals surface area (Å²) in [5, 5.41) is 7.74. The Hall–Kier alpha value is -1.99. The second-order valence-electron chi connectivity index (χ2n) is 5.65. The lowest BCUT2D eigenvalue weighted by Crippen LogP contribution is -2.37. The Morgan fingerprint density at radius 2 is 2.14 bits per heavy atom. The van der Waals surface area contributed by atoms with Gasteiger partial charge in [-0.3, -0.25) is 4.99 Å². The Labute approximate surface area is 188 Å². The fourth-order valence-corrected chi connectivity index (χ4v) is 3.25. The molecular formula is C20H27IN4O2S. The third-order valence-corrected chi connectivity index (χ3v) is 5.01. The summed E-state index contributed by atoms with van der Waals surface area (Å²) in [6.45, 7) is 3.72. The Morgan fingerprint density at radius 1 is 1.32 bits per heavy atom. The quantitative estimate of drug-likeness (QED) is 0.233. The van der Waals surface area contributed by atoms with Crippen LogP contribution in [0.5, 0.6) is 11.5 Å². The summed E-state index contributed by atoms with van der Waals surface area (Å²) in [7, 11) is 3.36. The summed E-state index contributed by atoms with van der Waals surface area (Å²) in [4.78, 5) is 10.0. The van der Waals surface area contributed by atoms with Crippen LogP contribution in [-0.2, 0) is 19.4 Å². The molecule has 0 amide bonds. The van der Waals surface area contributed by atoms with Crippen LogP contribution in [0.2, 0.25) is 0 Å². The third-order valence-electron chi connectivity index (χ3n) is 3.80. The molecule has 2 rings (SSSR count). The van der Waals surface area contributed by atoms with E-state index in [0.29, 0.717) is 18.0 Å². The number of hydrogen-bond acceptors (Lipinski definition) is 5. The van der Waals surface area contributed by atoms with Crippen molar-refractivity contribution in [3.8, 4) is 23.8 Å². The maximum Gasteiger partial charge on any atom is 0.191 e. The predicted octanol–water partition coefficient (Wildman–Crippen LogP) is 3.25. The van der Waals surface area contributed by atoms with Gasteiger partial charge >= 0.3 is 0 Å². The largest absolute Gasteiger partial charge is 0.493 e. The number of ether oxygens (including phenoxy) is 2. The molecule has 152 valence electrons. The number of aliphatic imine (C=N–C) groups is 1. The molecule has 0 saturated carbocycles. The highest BCUT2D eigenvalue weighted by molar-refractivity contribution is 14.0. The molecule has 2 aromatic rings. The summed E-state index contributed by atoms with van der Waals surface area (Å²) >= 11 is 1.76. The van der Waals surface area contributed by atoms with Gasteiger partial charge in [0.05, 0.1) is 12.1 Å². The number of nitrogens with zero attached hydrogens (tertiary/aromatic N) is 2. The van der Waals surface area contributed by atoms with E-state index in [0.717, 1.165) is 35.9 Å². The molecular weight excluding hydrogens is 487 g/mol. The molecule has 6 nitrogen and oxygen atoms in total. The van der Waals surface area contributed by atoms with Gasteiger partial charge in [-0.05, 0) is 24.1 Å². The Bertz CT molecular complexity index is 802. The summed E-state index contributed by atoms with van der Waals surface area (Å²) in [5.41, 5.74) is 1.04. The number of hydrogen-bond donors (Lipinski definition) is 2. The second kappa shape index (κ2) is 13.2. The topological polar surface area (TPSA) is 67.8 Å². The van der Waals surface area contributed by atoms with Crippen LogP contribution in [-0.4, -0.2) is 38.3 Å². The van der Waals surface area contributed by atoms with E-state index in [1.807, 2.05) is 24.4 Å². The van der Waals surface area contributed by atoms with Crippen LogP contribution in [0, 0.1) is 12.3 Å². The monoisotopic (exact) mass is 514 g/mol. The van der Waals surface area contributed by atoms with Gasteiger partial charge in [-0.1, -0.05) is 18.9 Å². The van der Waals surface area contributed by atoms with Gasteiger partial charge in [0.2, 0.25) is 0 Å². The molecule has 1 heterocycles. The first kappa shape index (κ1) is 24.0. The SMILES string of the molecule is C#CCOc1cc(CNC(=NC)NCCc2ncc(CC)s2)ccc1OC.I. The Kier molecular flexibility index (Phi) is 11.4. The lowest BCUT2D eigenvalue weighted by atomic mass is 10.2. The average molecular weight is 514 g/mol. The van der Waals surface area contributed by atoms with Crippen LogP contribution < -0.4 is 20.1 Å². The van der Waals surface area contributed by atoms with Crippen molar-refractivity contribution in [2.45, 2.75) is 26.3 Å². The van der Waals surface area contributed by atoms with Crippen LogP contribution >= 0.6 is 35.3 Å². The maximum absolute atomic E-state index is 5.54. The molecule has 0 bridgehead atoms. The summed E-state index contributed by atoms with van der Waals surface area (Å²) in [5.74, 6) is 4.49. The molecule has 28 heavy (non-hydrogen) atoms. The summed E-state index contributed by atoms with van der Waals surface area (Å²) < 4.78 is 10.8. The first-order chi connectivity index (χ1) is 13.2. The van der Waals surface area contributed by atoms with Crippen molar-refractivity contribution in [3.05, 3.63) is 39.8 Å². The number of aromatic nitrogens is 1. The zero-order chi connectivity index (χ0) is 19.5. The number of rotatable bonds is 9. The third kappa shape index (κ3) is 7.56. The van der Waals surface area contributed by atoms with Crippen molar-refractivity contribution in [3.63, 3.8) is 0 Å². The minimum absolute atomic E-state index is 0. The number of guanidine groups is 1. The molecule has 0 unspecified atom stereocenters. The number of methoxy groups -OCH3 is 1. The van der Waals surface area contributed by atoms with E-state index in [9.17, 15) is 0 Å². The molecule has 2 N–H and O–H groups in total. The van der Waals surface area contributed by atoms with Gasteiger partial charge in [0.1, 0.15) is 6.61 Å². The average Bonchev–Trinajstić information content (AvgIpc) is 3.17. The van der Waals surface area contributed by atoms with E-state index in [1.54, 1.807) is 25.5 Å². The number of aryl methyl sites for hydroxylation is 1. The maximum atomic E-state index is 5.54. The number of benzene rings is 1. The molecule has 0 atom stereocenters. The van der Waals surface area contributed by atoms with Crippen LogP contribution in [0.4, 0.5) is 0 Å². The Balaban J connectivity index is 0.00000392. The molecule has 0 aliphatic heterocycles. The zero-order valence-corrected chi connectivity index (χ0v) is 19.6. The lowest BCUT2D eigenvalue weighted by Gasteiger charge is -2.13. The molecule has 0 aliphatic carbocycles. The van der Waals surface area contributed by atoms with E-state index < -0.39 is 0 Å². The number of terminal acetylenes is 1. The van der Waals surface area contributed by atoms with Crippen molar-refractivity contribution in [2.75, 3.05) is 27.3 Å². The smallest absolute Gasteiger partial charge is 0.191 e. The van der Waals surface area contributed by atoms with E-state index in [4.69, 9.17) is 15.9 Å². The van der Waals surface area contributed by atoms with Crippen LogP contribution in [0.1, 0.15) is 22.4 Å². The first-order valence-corrected chi connectivity index (χ1v) is 9.63. The van der Waals surface area contributed by atoms with E-state index >= 15 is 0 Å². The molecule has 0 aliphatic rings. The van der Waals surface area contributed by atoms with Gasteiger partial charge in [0.25, 0.3) is 0 Å². The second-order valence-corrected chi connectivity index (χ2v) is 6.85. The van der Waals surface area contributed by atoms with Crippen molar-refractivity contribution in [1.29, 1.82) is 0 Å². The van der Waals surface area contributed by atoms with Crippen LogP contribution in [0.25, 0.3) is 0 Å². The summed E-state index contributed by atoms with van der Waals surface area (Å²) in [6.07, 6.45) is 9.12. The van der Waals surface area contributed by atoms with Gasteiger partial charge in [-0.2, -0.15) is 0 Å². The highest BCUT2D eigenvalue weighted by Crippen LogP contribution is 2.27. The van der Waals surface area contributed by atoms with Crippen LogP contribution in [0.15, 0.2) is 29.4 Å². The molecule has 0 radical (unpaired) electrons. The first-order valence-electron chi connectivity index (χ1n) is 8.81. The van der Waals surface area contributed by atoms with Crippen molar-refractivity contribution < 1.29 is 9.47 Å². The van der Waals surface area contributed by atoms with Crippen LogP contribution in [0.3, 0.4) is 0 Å². The molecule has 1 aromatic carbocycles. The minimum Gasteiger partial charge on any atom is -0.493 e. The highest BCUT2D eigenvalue weighted by Gasteiger charge is 2.07. The highest BCUT2D eigenvalue weighted by atomic mass is 127. The van der Waals surface area contributed by atoms with Crippen molar-refractivity contribution >= 4 is 41.3 Å². The van der Waals surface area contributed by atoms with Gasteiger partial charge < -0.3 is 20.1 Å². The van der Waals surface area contributed by atoms with Crippen molar-refractivity contribution in [2.24, 2.45) is 4.99 Å². The Morgan fingerprint density at radius 3 is 2.79 bits per heavy atom. The normalized spacial score (nSPS) is 10.6. The van der Waals surface area contributed by atoms with E-state index in [2.05, 4.69) is 33.5 Å². The molecule has 0 fully saturated rings. The molecule has 8 heteroatoms. The van der Waals surface area contributed by atoms with Gasteiger partial charge in [0.15, 0.2) is 17.5 Å². The van der Waals surface area contributed by atoms with E-state index in [1.165, 1.54) is 4.88 Å². The van der Waals surface area contributed by atoms with Gasteiger partial charge in [-0.25, -0.2) is 4.98 Å². The van der Waals surface area contributed by atoms with Gasteiger partial charge in [0, 0.05) is 37.6 Å². The van der Waals surface area contributed by atoms with Gasteiger partial charge in [-0.15, -0.1) is 41.7 Å². The molecule has 0 spiro atoms. The predicted molar refractivity (Wildman–Crippen MR) is 126 cm³/mol. The minimum atomic E-state index is 0. The number of halogens is 1. The molecule has 0 saturated heterocycles. The standard InChI is InChI=1S/C20H26N4O2S.HI/c1-5-11-26-18-12-15(7-8-17(18)25-4)13-24-20(21-3)22-10-9-19-23-14-16(6-2)27-19;/h1,7-8,12,14H,6,9-11,13H2,2-4H3,(H2,21,22,24);1H. The summed E-state index contributed by atoms with van der Waals surface area (Å²) in [6, 6.07) is 5.76. The number of nitrogens with one attached hydrogen (secondary N) is 2. The number of thiazole rings is 1. The lowest BCUT2D eigenvalue weighted by molar-refractivity contribution is 0.330. The molecule has 1 aromatic heterocycles. The van der Waals surface area contributed by atoms with Crippen molar-refractivity contribution in [1.82, 2.24) is 15.6 Å². The fourth-order valence-electron chi connectivity index (χ4n) is 2.38. The zero-order valence-electron chi connectivity index (χ0n) is 16.4. The van der Waals surface area contributed by atoms with E-state index in [-0.39, 0.29) is 30.6 Å².